The van der Waals surface area contributed by atoms with E-state index >= 15 is 0 Å². The number of carboxylic acids is 1. The number of aliphatic carboxylic acids is 1. The first-order valence-corrected chi connectivity index (χ1v) is 5.40. The molecule has 0 heterocycles. The second-order valence-corrected chi connectivity index (χ2v) is 4.07. The van der Waals surface area contributed by atoms with Gasteiger partial charge in [-0.05, 0) is 25.7 Å². The predicted molar refractivity (Wildman–Crippen MR) is 53.0 cm³/mol. The first-order valence-electron chi connectivity index (χ1n) is 5.40. The van der Waals surface area contributed by atoms with Crippen LogP contribution in [-0.4, -0.2) is 16.9 Å². The number of hydrogen-bond acceptors (Lipinski definition) is 2. The fourth-order valence-corrected chi connectivity index (χ4v) is 2.22. The third-order valence-electron chi connectivity index (χ3n) is 3.11. The quantitative estimate of drug-likeness (QED) is 0.753. The molecule has 2 unspecified atom stereocenters. The maximum Gasteiger partial charge on any atom is 0.303 e. The van der Waals surface area contributed by atoms with Crippen molar-refractivity contribution >= 4 is 11.8 Å². The summed E-state index contributed by atoms with van der Waals surface area (Å²) in [6, 6.07) is 0. The molecule has 0 aliphatic heterocycles. The first kappa shape index (κ1) is 11.2. The van der Waals surface area contributed by atoms with Crippen LogP contribution in [0.25, 0.3) is 0 Å². The van der Waals surface area contributed by atoms with E-state index in [1.165, 1.54) is 0 Å². The fourth-order valence-electron chi connectivity index (χ4n) is 2.22. The Labute approximate surface area is 84.5 Å². The van der Waals surface area contributed by atoms with Crippen molar-refractivity contribution in [1.29, 1.82) is 0 Å². The highest BCUT2D eigenvalue weighted by Gasteiger charge is 2.29. The molecule has 1 fully saturated rings. The van der Waals surface area contributed by atoms with Gasteiger partial charge < -0.3 is 5.11 Å². The minimum absolute atomic E-state index is 0.0183. The molecule has 1 saturated carbocycles. The second kappa shape index (κ2) is 5.13. The fraction of sp³-hybridized carbons (Fsp3) is 0.818. The molecule has 3 heteroatoms. The Bertz CT molecular complexity index is 223. The summed E-state index contributed by atoms with van der Waals surface area (Å²) in [5, 5.41) is 8.54. The van der Waals surface area contributed by atoms with Crippen molar-refractivity contribution in [2.45, 2.75) is 45.4 Å². The summed E-state index contributed by atoms with van der Waals surface area (Å²) in [5.41, 5.74) is 0. The molecule has 1 rings (SSSR count). The molecule has 80 valence electrons. The molecule has 2 atom stereocenters. The molecular formula is C11H18O3. The van der Waals surface area contributed by atoms with Crippen LogP contribution in [-0.2, 0) is 9.59 Å². The van der Waals surface area contributed by atoms with Gasteiger partial charge >= 0.3 is 5.97 Å². The summed E-state index contributed by atoms with van der Waals surface area (Å²) >= 11 is 0. The molecule has 1 N–H and O–H groups in total. The van der Waals surface area contributed by atoms with E-state index in [9.17, 15) is 9.59 Å². The zero-order valence-corrected chi connectivity index (χ0v) is 8.66. The molecule has 0 amide bonds. The van der Waals surface area contributed by atoms with Crippen LogP contribution in [0.1, 0.15) is 45.4 Å². The van der Waals surface area contributed by atoms with Crippen molar-refractivity contribution < 1.29 is 14.7 Å². The minimum Gasteiger partial charge on any atom is -0.481 e. The minimum atomic E-state index is -0.795. The molecule has 14 heavy (non-hydrogen) atoms. The molecule has 0 bridgehead atoms. The molecule has 1 aliphatic carbocycles. The van der Waals surface area contributed by atoms with Gasteiger partial charge in [-0.2, -0.15) is 0 Å². The highest BCUT2D eigenvalue weighted by Crippen LogP contribution is 2.30. The van der Waals surface area contributed by atoms with Crippen molar-refractivity contribution in [3.05, 3.63) is 0 Å². The van der Waals surface area contributed by atoms with E-state index in [4.69, 9.17) is 5.11 Å². The van der Waals surface area contributed by atoms with Crippen LogP contribution in [0.5, 0.6) is 0 Å². The molecule has 0 saturated heterocycles. The van der Waals surface area contributed by atoms with E-state index in [-0.39, 0.29) is 18.3 Å². The van der Waals surface area contributed by atoms with E-state index in [0.29, 0.717) is 12.2 Å². The lowest BCUT2D eigenvalue weighted by molar-refractivity contribution is -0.138. The number of rotatable bonds is 4. The van der Waals surface area contributed by atoms with Gasteiger partial charge in [-0.15, -0.1) is 0 Å². The lowest BCUT2D eigenvalue weighted by atomic mass is 9.77. The molecule has 0 aromatic heterocycles. The number of carboxylic acid groups (broad SMARTS) is 1. The van der Waals surface area contributed by atoms with Gasteiger partial charge in [0, 0.05) is 18.3 Å². The SMILES string of the molecule is CCC1CCCC(CCC(=O)O)C1=O. The standard InChI is InChI=1S/C11H18O3/c1-2-8-4-3-5-9(11(8)14)6-7-10(12)13/h8-9H,2-7H2,1H3,(H,12,13). The van der Waals surface area contributed by atoms with Gasteiger partial charge in [0.1, 0.15) is 5.78 Å². The van der Waals surface area contributed by atoms with Crippen LogP contribution < -0.4 is 0 Å². The number of carbonyl (C=O) groups excluding carboxylic acids is 1. The second-order valence-electron chi connectivity index (χ2n) is 4.07. The lowest BCUT2D eigenvalue weighted by Crippen LogP contribution is -2.28. The maximum absolute atomic E-state index is 11.8. The van der Waals surface area contributed by atoms with Gasteiger partial charge in [0.2, 0.25) is 0 Å². The summed E-state index contributed by atoms with van der Waals surface area (Å²) in [6.07, 6.45) is 4.54. The summed E-state index contributed by atoms with van der Waals surface area (Å²) in [7, 11) is 0. The Morgan fingerprint density at radius 1 is 1.43 bits per heavy atom. The van der Waals surface area contributed by atoms with Crippen molar-refractivity contribution in [2.75, 3.05) is 0 Å². The summed E-state index contributed by atoms with van der Waals surface area (Å²) < 4.78 is 0. The zero-order valence-electron chi connectivity index (χ0n) is 8.66. The van der Waals surface area contributed by atoms with Crippen molar-refractivity contribution in [3.8, 4) is 0 Å². The van der Waals surface area contributed by atoms with E-state index in [2.05, 4.69) is 0 Å². The molecule has 0 spiro atoms. The Balaban J connectivity index is 2.43. The van der Waals surface area contributed by atoms with Crippen LogP contribution in [0.15, 0.2) is 0 Å². The molecule has 0 aromatic carbocycles. The van der Waals surface area contributed by atoms with Gasteiger partial charge in [-0.3, -0.25) is 9.59 Å². The lowest BCUT2D eigenvalue weighted by Gasteiger charge is -2.26. The Morgan fingerprint density at radius 3 is 2.64 bits per heavy atom. The Kier molecular flexibility index (Phi) is 4.11. The molecule has 1 aliphatic rings. The number of ketones is 1. The van der Waals surface area contributed by atoms with Gasteiger partial charge in [0.15, 0.2) is 0 Å². The molecular weight excluding hydrogens is 180 g/mol. The van der Waals surface area contributed by atoms with Crippen molar-refractivity contribution in [3.63, 3.8) is 0 Å². The van der Waals surface area contributed by atoms with Crippen LogP contribution in [0.4, 0.5) is 0 Å². The predicted octanol–water partition coefficient (Wildman–Crippen LogP) is 2.25. The van der Waals surface area contributed by atoms with Crippen LogP contribution in [0, 0.1) is 11.8 Å². The topological polar surface area (TPSA) is 54.4 Å². The first-order chi connectivity index (χ1) is 6.65. The van der Waals surface area contributed by atoms with Crippen molar-refractivity contribution in [1.82, 2.24) is 0 Å². The smallest absolute Gasteiger partial charge is 0.303 e. The van der Waals surface area contributed by atoms with E-state index in [1.807, 2.05) is 6.92 Å². The molecule has 3 nitrogen and oxygen atoms in total. The third kappa shape index (κ3) is 2.82. The normalized spacial score (nSPS) is 27.6. The largest absolute Gasteiger partial charge is 0.481 e. The number of Topliss-reactive ketones (excluding diaryl/α,β-unsaturated/α-hetero) is 1. The third-order valence-corrected chi connectivity index (χ3v) is 3.11. The number of hydrogen-bond donors (Lipinski definition) is 1. The highest BCUT2D eigenvalue weighted by molar-refractivity contribution is 5.84. The van der Waals surface area contributed by atoms with E-state index < -0.39 is 5.97 Å². The van der Waals surface area contributed by atoms with Crippen LogP contribution >= 0.6 is 0 Å². The summed E-state index contributed by atoms with van der Waals surface area (Å²) in [4.78, 5) is 22.2. The summed E-state index contributed by atoms with van der Waals surface area (Å²) in [5.74, 6) is -0.274. The van der Waals surface area contributed by atoms with Crippen molar-refractivity contribution in [2.24, 2.45) is 11.8 Å². The average molecular weight is 198 g/mol. The van der Waals surface area contributed by atoms with Crippen LogP contribution in [0.2, 0.25) is 0 Å². The average Bonchev–Trinajstić information content (AvgIpc) is 2.16. The van der Waals surface area contributed by atoms with E-state index in [1.54, 1.807) is 0 Å². The van der Waals surface area contributed by atoms with Gasteiger partial charge in [0.25, 0.3) is 0 Å². The zero-order chi connectivity index (χ0) is 10.6. The molecule has 0 radical (unpaired) electrons. The monoisotopic (exact) mass is 198 g/mol. The van der Waals surface area contributed by atoms with Gasteiger partial charge in [-0.25, -0.2) is 0 Å². The Morgan fingerprint density at radius 2 is 2.07 bits per heavy atom. The van der Waals surface area contributed by atoms with Gasteiger partial charge in [0.05, 0.1) is 0 Å². The molecule has 0 aromatic rings. The summed E-state index contributed by atoms with van der Waals surface area (Å²) in [6.45, 7) is 2.03. The van der Waals surface area contributed by atoms with E-state index in [0.717, 1.165) is 25.7 Å². The highest BCUT2D eigenvalue weighted by atomic mass is 16.4. The maximum atomic E-state index is 11.8. The van der Waals surface area contributed by atoms with Gasteiger partial charge in [-0.1, -0.05) is 13.3 Å². The Hall–Kier alpha value is -0.860. The van der Waals surface area contributed by atoms with Crippen LogP contribution in [0.3, 0.4) is 0 Å². The number of carbonyl (C=O) groups is 2.